The SMILES string of the molecule is COC(OC)C(Cc1cc(C)cc(C)c1)NN. The fourth-order valence-corrected chi connectivity index (χ4v) is 2.10. The average Bonchev–Trinajstić information content (AvgIpc) is 2.27. The summed E-state index contributed by atoms with van der Waals surface area (Å²) in [5.41, 5.74) is 6.47. The smallest absolute Gasteiger partial charge is 0.173 e. The zero-order valence-electron chi connectivity index (χ0n) is 11.0. The second-order valence-electron chi connectivity index (χ2n) is 4.31. The van der Waals surface area contributed by atoms with Crippen LogP contribution in [-0.4, -0.2) is 26.6 Å². The third kappa shape index (κ3) is 4.09. The van der Waals surface area contributed by atoms with E-state index in [2.05, 4.69) is 37.5 Å². The normalized spacial score (nSPS) is 13.1. The van der Waals surface area contributed by atoms with E-state index in [1.807, 2.05) is 0 Å². The van der Waals surface area contributed by atoms with Crippen LogP contribution < -0.4 is 11.3 Å². The Hall–Kier alpha value is -0.940. The third-order valence-corrected chi connectivity index (χ3v) is 2.74. The Morgan fingerprint density at radius 3 is 2.06 bits per heavy atom. The fourth-order valence-electron chi connectivity index (χ4n) is 2.10. The standard InChI is InChI=1S/C13H22N2O2/c1-9-5-10(2)7-11(6-9)8-12(15-14)13(16-3)17-4/h5-7,12-13,15H,8,14H2,1-4H3. The lowest BCUT2D eigenvalue weighted by Crippen LogP contribution is -2.47. The van der Waals surface area contributed by atoms with Gasteiger partial charge in [-0.15, -0.1) is 0 Å². The number of methoxy groups -OCH3 is 2. The number of nitrogens with two attached hydrogens (primary N) is 1. The van der Waals surface area contributed by atoms with E-state index in [1.54, 1.807) is 14.2 Å². The van der Waals surface area contributed by atoms with E-state index in [4.69, 9.17) is 15.3 Å². The quantitative estimate of drug-likeness (QED) is 0.445. The molecule has 0 aromatic heterocycles. The first-order valence-electron chi connectivity index (χ1n) is 5.69. The first kappa shape index (κ1) is 14.1. The van der Waals surface area contributed by atoms with Crippen LogP contribution in [0.5, 0.6) is 0 Å². The van der Waals surface area contributed by atoms with Gasteiger partial charge < -0.3 is 9.47 Å². The number of nitrogens with one attached hydrogen (secondary N) is 1. The Bertz CT molecular complexity index is 331. The number of benzene rings is 1. The average molecular weight is 238 g/mol. The lowest BCUT2D eigenvalue weighted by atomic mass is 10.0. The molecule has 0 bridgehead atoms. The molecule has 0 heterocycles. The number of ether oxygens (including phenoxy) is 2. The Morgan fingerprint density at radius 2 is 1.65 bits per heavy atom. The second kappa shape index (κ2) is 6.71. The highest BCUT2D eigenvalue weighted by molar-refractivity contribution is 5.29. The van der Waals surface area contributed by atoms with Gasteiger partial charge in [0.25, 0.3) is 0 Å². The lowest BCUT2D eigenvalue weighted by molar-refractivity contribution is -0.122. The van der Waals surface area contributed by atoms with Gasteiger partial charge in [0.05, 0.1) is 6.04 Å². The van der Waals surface area contributed by atoms with E-state index >= 15 is 0 Å². The van der Waals surface area contributed by atoms with Gasteiger partial charge in [-0.1, -0.05) is 29.3 Å². The van der Waals surface area contributed by atoms with Crippen LogP contribution in [0.15, 0.2) is 18.2 Å². The Morgan fingerprint density at radius 1 is 1.12 bits per heavy atom. The molecule has 1 unspecified atom stereocenters. The molecule has 1 rings (SSSR count). The number of rotatable bonds is 6. The number of aryl methyl sites for hydroxylation is 2. The van der Waals surface area contributed by atoms with Crippen molar-refractivity contribution in [3.8, 4) is 0 Å². The molecule has 0 amide bonds. The molecule has 0 fully saturated rings. The van der Waals surface area contributed by atoms with Crippen LogP contribution in [0.1, 0.15) is 16.7 Å². The van der Waals surface area contributed by atoms with E-state index in [0.29, 0.717) is 0 Å². The lowest BCUT2D eigenvalue weighted by Gasteiger charge is -2.24. The maximum absolute atomic E-state index is 5.54. The topological polar surface area (TPSA) is 56.5 Å². The van der Waals surface area contributed by atoms with Crippen molar-refractivity contribution in [1.29, 1.82) is 0 Å². The molecule has 0 spiro atoms. The van der Waals surface area contributed by atoms with Gasteiger partial charge in [0.15, 0.2) is 6.29 Å². The molecule has 0 aliphatic heterocycles. The predicted molar refractivity (Wildman–Crippen MR) is 68.5 cm³/mol. The highest BCUT2D eigenvalue weighted by Gasteiger charge is 2.19. The Kier molecular flexibility index (Phi) is 5.58. The van der Waals surface area contributed by atoms with Crippen molar-refractivity contribution in [3.05, 3.63) is 34.9 Å². The van der Waals surface area contributed by atoms with Crippen molar-refractivity contribution < 1.29 is 9.47 Å². The van der Waals surface area contributed by atoms with Crippen LogP contribution in [-0.2, 0) is 15.9 Å². The molecule has 1 aromatic carbocycles. The summed E-state index contributed by atoms with van der Waals surface area (Å²) in [5.74, 6) is 5.54. The first-order chi connectivity index (χ1) is 8.10. The van der Waals surface area contributed by atoms with Crippen molar-refractivity contribution in [2.45, 2.75) is 32.6 Å². The van der Waals surface area contributed by atoms with Gasteiger partial charge in [-0.3, -0.25) is 11.3 Å². The van der Waals surface area contributed by atoms with E-state index in [1.165, 1.54) is 16.7 Å². The van der Waals surface area contributed by atoms with Crippen LogP contribution in [0, 0.1) is 13.8 Å². The summed E-state index contributed by atoms with van der Waals surface area (Å²) < 4.78 is 10.4. The number of hydrazine groups is 1. The molecule has 17 heavy (non-hydrogen) atoms. The molecular formula is C13H22N2O2. The highest BCUT2D eigenvalue weighted by atomic mass is 16.7. The summed E-state index contributed by atoms with van der Waals surface area (Å²) in [6.07, 6.45) is 0.423. The van der Waals surface area contributed by atoms with Gasteiger partial charge in [-0.25, -0.2) is 0 Å². The molecule has 1 atom stereocenters. The summed E-state index contributed by atoms with van der Waals surface area (Å²) >= 11 is 0. The number of hydrogen-bond donors (Lipinski definition) is 2. The monoisotopic (exact) mass is 238 g/mol. The number of hydrogen-bond acceptors (Lipinski definition) is 4. The van der Waals surface area contributed by atoms with Gasteiger partial charge in [0.1, 0.15) is 0 Å². The maximum atomic E-state index is 5.54. The van der Waals surface area contributed by atoms with Crippen LogP contribution in [0.25, 0.3) is 0 Å². The molecule has 4 nitrogen and oxygen atoms in total. The maximum Gasteiger partial charge on any atom is 0.173 e. The molecule has 4 heteroatoms. The van der Waals surface area contributed by atoms with Gasteiger partial charge in [0.2, 0.25) is 0 Å². The fraction of sp³-hybridized carbons (Fsp3) is 0.538. The van der Waals surface area contributed by atoms with Gasteiger partial charge >= 0.3 is 0 Å². The highest BCUT2D eigenvalue weighted by Crippen LogP contribution is 2.13. The van der Waals surface area contributed by atoms with Crippen LogP contribution in [0.2, 0.25) is 0 Å². The van der Waals surface area contributed by atoms with Gasteiger partial charge in [-0.05, 0) is 25.8 Å². The molecule has 1 aromatic rings. The van der Waals surface area contributed by atoms with Crippen LogP contribution in [0.4, 0.5) is 0 Å². The molecule has 0 radical (unpaired) electrons. The summed E-state index contributed by atoms with van der Waals surface area (Å²) in [5, 5.41) is 0. The first-order valence-corrected chi connectivity index (χ1v) is 5.69. The van der Waals surface area contributed by atoms with Gasteiger partial charge in [-0.2, -0.15) is 0 Å². The molecule has 0 aliphatic carbocycles. The summed E-state index contributed by atoms with van der Waals surface area (Å²) in [6.45, 7) is 4.18. The largest absolute Gasteiger partial charge is 0.354 e. The summed E-state index contributed by atoms with van der Waals surface area (Å²) in [4.78, 5) is 0. The molecular weight excluding hydrogens is 216 g/mol. The zero-order chi connectivity index (χ0) is 12.8. The Labute approximate surface area is 103 Å². The van der Waals surface area contributed by atoms with E-state index in [-0.39, 0.29) is 12.3 Å². The summed E-state index contributed by atoms with van der Waals surface area (Å²) in [7, 11) is 3.22. The third-order valence-electron chi connectivity index (χ3n) is 2.74. The molecule has 96 valence electrons. The minimum atomic E-state index is -0.346. The molecule has 0 aliphatic rings. The Balaban J connectivity index is 2.79. The van der Waals surface area contributed by atoms with Crippen molar-refractivity contribution in [2.75, 3.05) is 14.2 Å². The minimum absolute atomic E-state index is 0.0637. The zero-order valence-corrected chi connectivity index (χ0v) is 11.0. The van der Waals surface area contributed by atoms with Gasteiger partial charge in [0, 0.05) is 14.2 Å². The van der Waals surface area contributed by atoms with Crippen molar-refractivity contribution in [1.82, 2.24) is 5.43 Å². The summed E-state index contributed by atoms with van der Waals surface area (Å²) in [6, 6.07) is 6.39. The second-order valence-corrected chi connectivity index (χ2v) is 4.31. The molecule has 0 saturated carbocycles. The van der Waals surface area contributed by atoms with Crippen LogP contribution in [0.3, 0.4) is 0 Å². The van der Waals surface area contributed by atoms with E-state index in [0.717, 1.165) is 6.42 Å². The molecule has 0 saturated heterocycles. The minimum Gasteiger partial charge on any atom is -0.354 e. The van der Waals surface area contributed by atoms with Crippen molar-refractivity contribution in [3.63, 3.8) is 0 Å². The molecule has 3 N–H and O–H groups in total. The van der Waals surface area contributed by atoms with Crippen molar-refractivity contribution in [2.24, 2.45) is 5.84 Å². The van der Waals surface area contributed by atoms with E-state index in [9.17, 15) is 0 Å². The van der Waals surface area contributed by atoms with E-state index < -0.39 is 0 Å². The van der Waals surface area contributed by atoms with Crippen LogP contribution >= 0.6 is 0 Å². The van der Waals surface area contributed by atoms with Crippen molar-refractivity contribution >= 4 is 0 Å². The predicted octanol–water partition coefficient (Wildman–Crippen LogP) is 1.30.